The van der Waals surface area contributed by atoms with Crippen molar-refractivity contribution in [3.63, 3.8) is 0 Å². The van der Waals surface area contributed by atoms with Gasteiger partial charge in [-0.25, -0.2) is 0 Å². The number of hydrogen-bond donors (Lipinski definition) is 2. The van der Waals surface area contributed by atoms with Crippen molar-refractivity contribution < 1.29 is 9.59 Å². The van der Waals surface area contributed by atoms with Crippen molar-refractivity contribution in [3.05, 3.63) is 12.7 Å². The van der Waals surface area contributed by atoms with E-state index in [-0.39, 0.29) is 24.9 Å². The molecule has 1 aliphatic heterocycles. The zero-order valence-electron chi connectivity index (χ0n) is 10.2. The molecule has 1 saturated heterocycles. The maximum atomic E-state index is 11.7. The Balaban J connectivity index is 2.13. The number of nitrogens with zero attached hydrogens (tertiary/aromatic N) is 1. The van der Waals surface area contributed by atoms with E-state index in [1.165, 1.54) is 6.42 Å². The molecule has 2 N–H and O–H groups in total. The van der Waals surface area contributed by atoms with Gasteiger partial charge in [0.15, 0.2) is 0 Å². The summed E-state index contributed by atoms with van der Waals surface area (Å²) >= 11 is 0. The zero-order chi connectivity index (χ0) is 12.5. The lowest BCUT2D eigenvalue weighted by atomic mass is 10.1. The van der Waals surface area contributed by atoms with Crippen molar-refractivity contribution in [3.8, 4) is 0 Å². The van der Waals surface area contributed by atoms with Crippen molar-refractivity contribution in [1.29, 1.82) is 0 Å². The lowest BCUT2D eigenvalue weighted by molar-refractivity contribution is -0.133. The van der Waals surface area contributed by atoms with Crippen LogP contribution in [0.25, 0.3) is 0 Å². The zero-order valence-corrected chi connectivity index (χ0v) is 10.2. The second kappa shape index (κ2) is 7.84. The van der Waals surface area contributed by atoms with E-state index >= 15 is 0 Å². The molecule has 0 bridgehead atoms. The summed E-state index contributed by atoms with van der Waals surface area (Å²) in [7, 11) is 0. The molecule has 1 fully saturated rings. The standard InChI is InChI=1S/C12H21N3O2/c1-2-6-13-9-11(16)14-10-12(17)15-7-4-3-5-8-15/h2,13H,1,3-10H2,(H,14,16). The first kappa shape index (κ1) is 13.7. The Morgan fingerprint density at radius 1 is 1.18 bits per heavy atom. The van der Waals surface area contributed by atoms with Crippen molar-refractivity contribution in [2.45, 2.75) is 19.3 Å². The van der Waals surface area contributed by atoms with Gasteiger partial charge in [-0.15, -0.1) is 6.58 Å². The fraction of sp³-hybridized carbons (Fsp3) is 0.667. The van der Waals surface area contributed by atoms with Gasteiger partial charge in [-0.05, 0) is 19.3 Å². The highest BCUT2D eigenvalue weighted by atomic mass is 16.2. The molecule has 0 atom stereocenters. The third-order valence-electron chi connectivity index (χ3n) is 2.72. The molecule has 0 aliphatic carbocycles. The second-order valence-corrected chi connectivity index (χ2v) is 4.14. The van der Waals surface area contributed by atoms with Gasteiger partial charge in [-0.3, -0.25) is 9.59 Å². The summed E-state index contributed by atoms with van der Waals surface area (Å²) in [5.41, 5.74) is 0. The molecule has 0 unspecified atom stereocenters. The highest BCUT2D eigenvalue weighted by Crippen LogP contribution is 2.07. The Kier molecular flexibility index (Phi) is 6.32. The van der Waals surface area contributed by atoms with Gasteiger partial charge >= 0.3 is 0 Å². The van der Waals surface area contributed by atoms with Gasteiger partial charge in [-0.2, -0.15) is 0 Å². The number of rotatable bonds is 6. The lowest BCUT2D eigenvalue weighted by Crippen LogP contribution is -2.44. The molecule has 17 heavy (non-hydrogen) atoms. The molecule has 5 heteroatoms. The maximum Gasteiger partial charge on any atom is 0.241 e. The molecular formula is C12H21N3O2. The molecule has 5 nitrogen and oxygen atoms in total. The van der Waals surface area contributed by atoms with Gasteiger partial charge in [0.1, 0.15) is 0 Å². The normalized spacial score (nSPS) is 15.4. The van der Waals surface area contributed by atoms with Crippen LogP contribution in [0.15, 0.2) is 12.7 Å². The predicted molar refractivity (Wildman–Crippen MR) is 66.5 cm³/mol. The second-order valence-electron chi connectivity index (χ2n) is 4.14. The van der Waals surface area contributed by atoms with Crippen LogP contribution in [-0.2, 0) is 9.59 Å². The largest absolute Gasteiger partial charge is 0.346 e. The van der Waals surface area contributed by atoms with E-state index in [1.54, 1.807) is 6.08 Å². The molecule has 1 aliphatic rings. The van der Waals surface area contributed by atoms with Gasteiger partial charge in [0.05, 0.1) is 13.1 Å². The summed E-state index contributed by atoms with van der Waals surface area (Å²) in [6.07, 6.45) is 5.02. The number of carbonyl (C=O) groups is 2. The Morgan fingerprint density at radius 3 is 2.53 bits per heavy atom. The van der Waals surface area contributed by atoms with Crippen LogP contribution in [-0.4, -0.2) is 49.4 Å². The number of carbonyl (C=O) groups excluding carboxylic acids is 2. The van der Waals surface area contributed by atoms with Gasteiger partial charge in [-0.1, -0.05) is 6.08 Å². The van der Waals surface area contributed by atoms with Crippen LogP contribution < -0.4 is 10.6 Å². The van der Waals surface area contributed by atoms with Gasteiger partial charge in [0.2, 0.25) is 11.8 Å². The number of likely N-dealkylation sites (tertiary alicyclic amines) is 1. The SMILES string of the molecule is C=CCNCC(=O)NCC(=O)N1CCCCC1. The average molecular weight is 239 g/mol. The topological polar surface area (TPSA) is 61.4 Å². The molecular weight excluding hydrogens is 218 g/mol. The highest BCUT2D eigenvalue weighted by molar-refractivity contribution is 5.85. The predicted octanol–water partition coefficient (Wildman–Crippen LogP) is -0.109. The van der Waals surface area contributed by atoms with E-state index in [9.17, 15) is 9.59 Å². The van der Waals surface area contributed by atoms with Crippen LogP contribution in [0.5, 0.6) is 0 Å². The molecule has 0 aromatic carbocycles. The summed E-state index contributed by atoms with van der Waals surface area (Å²) in [6.45, 7) is 6.10. The third kappa shape index (κ3) is 5.49. The van der Waals surface area contributed by atoms with Crippen LogP contribution in [0, 0.1) is 0 Å². The highest BCUT2D eigenvalue weighted by Gasteiger charge is 2.16. The van der Waals surface area contributed by atoms with E-state index < -0.39 is 0 Å². The number of piperidine rings is 1. The molecule has 2 amide bonds. The molecule has 0 radical (unpaired) electrons. The van der Waals surface area contributed by atoms with E-state index in [2.05, 4.69) is 17.2 Å². The molecule has 0 aromatic rings. The fourth-order valence-corrected chi connectivity index (χ4v) is 1.78. The van der Waals surface area contributed by atoms with Crippen LogP contribution in [0.3, 0.4) is 0 Å². The first-order valence-electron chi connectivity index (χ1n) is 6.10. The summed E-state index contributed by atoms with van der Waals surface area (Å²) in [5, 5.41) is 5.49. The molecule has 1 heterocycles. The number of amides is 2. The molecule has 96 valence electrons. The van der Waals surface area contributed by atoms with Crippen molar-refractivity contribution >= 4 is 11.8 Å². The van der Waals surface area contributed by atoms with Crippen molar-refractivity contribution in [1.82, 2.24) is 15.5 Å². The minimum atomic E-state index is -0.155. The van der Waals surface area contributed by atoms with Crippen LogP contribution in [0.4, 0.5) is 0 Å². The van der Waals surface area contributed by atoms with Gasteiger partial charge in [0, 0.05) is 19.6 Å². The maximum absolute atomic E-state index is 11.7. The molecule has 0 aromatic heterocycles. The Bertz CT molecular complexity index is 273. The molecule has 0 saturated carbocycles. The van der Waals surface area contributed by atoms with Crippen LogP contribution in [0.2, 0.25) is 0 Å². The fourth-order valence-electron chi connectivity index (χ4n) is 1.78. The number of hydrogen-bond acceptors (Lipinski definition) is 3. The minimum absolute atomic E-state index is 0.0155. The van der Waals surface area contributed by atoms with Crippen LogP contribution >= 0.6 is 0 Å². The van der Waals surface area contributed by atoms with E-state index in [0.29, 0.717) is 6.54 Å². The summed E-state index contributed by atoms with van der Waals surface area (Å²) in [6, 6.07) is 0. The average Bonchev–Trinajstić information content (AvgIpc) is 2.37. The Hall–Kier alpha value is -1.36. The van der Waals surface area contributed by atoms with Crippen molar-refractivity contribution in [2.24, 2.45) is 0 Å². The van der Waals surface area contributed by atoms with E-state index in [0.717, 1.165) is 25.9 Å². The summed E-state index contributed by atoms with van der Waals surface area (Å²) in [4.78, 5) is 24.9. The monoisotopic (exact) mass is 239 g/mol. The minimum Gasteiger partial charge on any atom is -0.346 e. The first-order valence-corrected chi connectivity index (χ1v) is 6.10. The van der Waals surface area contributed by atoms with Gasteiger partial charge < -0.3 is 15.5 Å². The number of nitrogens with one attached hydrogen (secondary N) is 2. The van der Waals surface area contributed by atoms with E-state index in [4.69, 9.17) is 0 Å². The van der Waals surface area contributed by atoms with Crippen LogP contribution in [0.1, 0.15) is 19.3 Å². The van der Waals surface area contributed by atoms with Gasteiger partial charge in [0.25, 0.3) is 0 Å². The summed E-state index contributed by atoms with van der Waals surface area (Å²) < 4.78 is 0. The molecule has 1 rings (SSSR count). The lowest BCUT2D eigenvalue weighted by Gasteiger charge is -2.26. The smallest absolute Gasteiger partial charge is 0.241 e. The third-order valence-corrected chi connectivity index (χ3v) is 2.72. The Morgan fingerprint density at radius 2 is 1.88 bits per heavy atom. The molecule has 0 spiro atoms. The van der Waals surface area contributed by atoms with E-state index in [1.807, 2.05) is 4.90 Å². The van der Waals surface area contributed by atoms with Crippen molar-refractivity contribution in [2.75, 3.05) is 32.7 Å². The Labute approximate surface area is 102 Å². The quantitative estimate of drug-likeness (QED) is 0.502. The first-order chi connectivity index (χ1) is 8.24. The summed E-state index contributed by atoms with van der Waals surface area (Å²) in [5.74, 6) is -0.140.